The van der Waals surface area contributed by atoms with Gasteiger partial charge in [-0.15, -0.1) is 0 Å². The van der Waals surface area contributed by atoms with Crippen molar-refractivity contribution in [1.82, 2.24) is 5.32 Å². The standard InChI is InChI=1S/C12H25NOS/c1-3-4-5-6-7-8-9-10-13-12(14)11(2)15/h11,15H,3-10H2,1-2H3,(H,13,14). The Morgan fingerprint density at radius 2 is 1.67 bits per heavy atom. The number of rotatable bonds is 9. The molecule has 0 radical (unpaired) electrons. The number of amides is 1. The van der Waals surface area contributed by atoms with Crippen LogP contribution in [0, 0.1) is 0 Å². The molecule has 0 bridgehead atoms. The summed E-state index contributed by atoms with van der Waals surface area (Å²) in [6.45, 7) is 4.83. The molecule has 0 aliphatic heterocycles. The Hall–Kier alpha value is -0.180. The smallest absolute Gasteiger partial charge is 0.232 e. The molecule has 1 unspecified atom stereocenters. The van der Waals surface area contributed by atoms with Gasteiger partial charge >= 0.3 is 0 Å². The number of carbonyl (C=O) groups excluding carboxylic acids is 1. The largest absolute Gasteiger partial charge is 0.355 e. The predicted molar refractivity (Wildman–Crippen MR) is 69.5 cm³/mol. The van der Waals surface area contributed by atoms with Crippen molar-refractivity contribution in [2.45, 2.75) is 64.0 Å². The molecular weight excluding hydrogens is 206 g/mol. The molecule has 1 amide bonds. The fourth-order valence-corrected chi connectivity index (χ4v) is 1.53. The fourth-order valence-electron chi connectivity index (χ4n) is 1.44. The van der Waals surface area contributed by atoms with Gasteiger partial charge < -0.3 is 5.32 Å². The molecule has 90 valence electrons. The summed E-state index contributed by atoms with van der Waals surface area (Å²) >= 11 is 4.06. The molecule has 2 nitrogen and oxygen atoms in total. The Bertz CT molecular complexity index is 160. The second kappa shape index (κ2) is 10.3. The molecule has 0 aliphatic rings. The van der Waals surface area contributed by atoms with Crippen LogP contribution < -0.4 is 5.32 Å². The summed E-state index contributed by atoms with van der Waals surface area (Å²) < 4.78 is 0. The van der Waals surface area contributed by atoms with Gasteiger partial charge in [-0.2, -0.15) is 12.6 Å². The van der Waals surface area contributed by atoms with Crippen molar-refractivity contribution in [3.63, 3.8) is 0 Å². The molecule has 0 aromatic carbocycles. The number of thiol groups is 1. The van der Waals surface area contributed by atoms with E-state index in [1.54, 1.807) is 6.92 Å². The van der Waals surface area contributed by atoms with Crippen molar-refractivity contribution in [3.8, 4) is 0 Å². The molecule has 0 aliphatic carbocycles. The third-order valence-corrected chi connectivity index (χ3v) is 2.69. The zero-order chi connectivity index (χ0) is 11.5. The molecule has 0 aromatic heterocycles. The van der Waals surface area contributed by atoms with Gasteiger partial charge in [-0.3, -0.25) is 4.79 Å². The average Bonchev–Trinajstić information content (AvgIpc) is 2.21. The van der Waals surface area contributed by atoms with Crippen LogP contribution in [0.2, 0.25) is 0 Å². The minimum absolute atomic E-state index is 0.0457. The third-order valence-electron chi connectivity index (χ3n) is 2.46. The Balaban J connectivity index is 3.08. The maximum absolute atomic E-state index is 11.1. The summed E-state index contributed by atoms with van der Waals surface area (Å²) in [5.74, 6) is 0.0457. The Kier molecular flexibility index (Phi) is 10.2. The minimum Gasteiger partial charge on any atom is -0.355 e. The van der Waals surface area contributed by atoms with Gasteiger partial charge in [0.1, 0.15) is 0 Å². The van der Waals surface area contributed by atoms with Gasteiger partial charge in [0.25, 0.3) is 0 Å². The van der Waals surface area contributed by atoms with Crippen molar-refractivity contribution in [2.24, 2.45) is 0 Å². The van der Waals surface area contributed by atoms with E-state index in [9.17, 15) is 4.79 Å². The first kappa shape index (κ1) is 14.8. The highest BCUT2D eigenvalue weighted by molar-refractivity contribution is 7.81. The monoisotopic (exact) mass is 231 g/mol. The highest BCUT2D eigenvalue weighted by Gasteiger charge is 2.05. The fraction of sp³-hybridized carbons (Fsp3) is 0.917. The Labute approximate surface area is 99.6 Å². The molecule has 0 rings (SSSR count). The number of hydrogen-bond acceptors (Lipinski definition) is 2. The summed E-state index contributed by atoms with van der Waals surface area (Å²) in [6, 6.07) is 0. The lowest BCUT2D eigenvalue weighted by Gasteiger charge is -2.06. The number of carbonyl (C=O) groups is 1. The van der Waals surface area contributed by atoms with Gasteiger partial charge in [0.2, 0.25) is 5.91 Å². The zero-order valence-electron chi connectivity index (χ0n) is 10.1. The molecule has 0 saturated carbocycles. The van der Waals surface area contributed by atoms with Crippen molar-refractivity contribution >= 4 is 18.5 Å². The molecule has 3 heteroatoms. The van der Waals surface area contributed by atoms with Crippen LogP contribution in [-0.2, 0) is 4.79 Å². The van der Waals surface area contributed by atoms with Crippen LogP contribution in [-0.4, -0.2) is 17.7 Å². The van der Waals surface area contributed by atoms with Crippen LogP contribution in [0.15, 0.2) is 0 Å². The van der Waals surface area contributed by atoms with Gasteiger partial charge in [-0.1, -0.05) is 45.4 Å². The Morgan fingerprint density at radius 3 is 2.20 bits per heavy atom. The van der Waals surface area contributed by atoms with E-state index in [4.69, 9.17) is 0 Å². The summed E-state index contributed by atoms with van der Waals surface area (Å²) in [7, 11) is 0. The molecule has 1 N–H and O–H groups in total. The molecular formula is C12H25NOS. The van der Waals surface area contributed by atoms with E-state index in [2.05, 4.69) is 24.9 Å². The van der Waals surface area contributed by atoms with Gasteiger partial charge in [-0.05, 0) is 13.3 Å². The second-order valence-corrected chi connectivity index (χ2v) is 4.86. The Morgan fingerprint density at radius 1 is 1.13 bits per heavy atom. The lowest BCUT2D eigenvalue weighted by atomic mass is 10.1. The first-order valence-corrected chi connectivity index (χ1v) is 6.66. The molecule has 1 atom stereocenters. The van der Waals surface area contributed by atoms with E-state index in [0.29, 0.717) is 0 Å². The van der Waals surface area contributed by atoms with Crippen LogP contribution in [0.5, 0.6) is 0 Å². The van der Waals surface area contributed by atoms with Crippen LogP contribution in [0.4, 0.5) is 0 Å². The van der Waals surface area contributed by atoms with Crippen molar-refractivity contribution in [1.29, 1.82) is 0 Å². The van der Waals surface area contributed by atoms with E-state index < -0.39 is 0 Å². The first-order chi connectivity index (χ1) is 7.18. The van der Waals surface area contributed by atoms with E-state index in [1.807, 2.05) is 0 Å². The van der Waals surface area contributed by atoms with Crippen molar-refractivity contribution in [3.05, 3.63) is 0 Å². The lowest BCUT2D eigenvalue weighted by Crippen LogP contribution is -2.30. The quantitative estimate of drug-likeness (QED) is 0.463. The summed E-state index contributed by atoms with van der Waals surface area (Å²) in [4.78, 5) is 11.1. The van der Waals surface area contributed by atoms with Crippen LogP contribution in [0.1, 0.15) is 58.8 Å². The maximum atomic E-state index is 11.1. The van der Waals surface area contributed by atoms with Crippen LogP contribution in [0.3, 0.4) is 0 Å². The van der Waals surface area contributed by atoms with Gasteiger partial charge in [0.15, 0.2) is 0 Å². The lowest BCUT2D eigenvalue weighted by molar-refractivity contribution is -0.120. The van der Waals surface area contributed by atoms with E-state index in [-0.39, 0.29) is 11.2 Å². The summed E-state index contributed by atoms with van der Waals surface area (Å²) in [5.41, 5.74) is 0. The van der Waals surface area contributed by atoms with Gasteiger partial charge in [0.05, 0.1) is 5.25 Å². The highest BCUT2D eigenvalue weighted by atomic mass is 32.1. The number of nitrogens with one attached hydrogen (secondary N) is 1. The molecule has 0 saturated heterocycles. The average molecular weight is 231 g/mol. The van der Waals surface area contributed by atoms with Crippen LogP contribution >= 0.6 is 12.6 Å². The zero-order valence-corrected chi connectivity index (χ0v) is 11.0. The predicted octanol–water partition coefficient (Wildman–Crippen LogP) is 3.17. The molecule has 0 spiro atoms. The normalized spacial score (nSPS) is 12.5. The van der Waals surface area contributed by atoms with Gasteiger partial charge in [0, 0.05) is 6.54 Å². The van der Waals surface area contributed by atoms with Crippen LogP contribution in [0.25, 0.3) is 0 Å². The second-order valence-electron chi connectivity index (χ2n) is 4.09. The number of unbranched alkanes of at least 4 members (excludes halogenated alkanes) is 6. The third kappa shape index (κ3) is 10.1. The van der Waals surface area contributed by atoms with E-state index >= 15 is 0 Å². The molecule has 0 aromatic rings. The molecule has 0 fully saturated rings. The summed E-state index contributed by atoms with van der Waals surface area (Å²) in [5, 5.41) is 2.68. The highest BCUT2D eigenvalue weighted by Crippen LogP contribution is 2.06. The van der Waals surface area contributed by atoms with Gasteiger partial charge in [-0.25, -0.2) is 0 Å². The number of hydrogen-bond donors (Lipinski definition) is 2. The van der Waals surface area contributed by atoms with Crippen molar-refractivity contribution in [2.75, 3.05) is 6.54 Å². The SMILES string of the molecule is CCCCCCCCCNC(=O)C(C)S. The molecule has 0 heterocycles. The topological polar surface area (TPSA) is 29.1 Å². The molecule has 15 heavy (non-hydrogen) atoms. The first-order valence-electron chi connectivity index (χ1n) is 6.14. The van der Waals surface area contributed by atoms with E-state index in [1.165, 1.54) is 38.5 Å². The van der Waals surface area contributed by atoms with E-state index in [0.717, 1.165) is 13.0 Å². The minimum atomic E-state index is -0.186. The maximum Gasteiger partial charge on any atom is 0.232 e. The van der Waals surface area contributed by atoms with Crippen molar-refractivity contribution < 1.29 is 4.79 Å². The summed E-state index contributed by atoms with van der Waals surface area (Å²) in [6.07, 6.45) is 8.97.